The lowest BCUT2D eigenvalue weighted by atomic mass is 10.1. The monoisotopic (exact) mass is 463 g/mol. The van der Waals surface area contributed by atoms with Crippen molar-refractivity contribution in [3.8, 4) is 0 Å². The van der Waals surface area contributed by atoms with Crippen molar-refractivity contribution in [3.05, 3.63) is 83.0 Å². The third-order valence-corrected chi connectivity index (χ3v) is 4.93. The number of fused-ring (bicyclic) bond motifs is 1. The average Bonchev–Trinajstić information content (AvgIpc) is 3.18. The third kappa shape index (κ3) is 4.68. The molecule has 0 unspecified atom stereocenters. The van der Waals surface area contributed by atoms with Crippen LogP contribution < -0.4 is 10.6 Å². The summed E-state index contributed by atoms with van der Waals surface area (Å²) in [6.45, 7) is 0. The van der Waals surface area contributed by atoms with E-state index in [1.165, 1.54) is 35.6 Å². The molecule has 0 aliphatic carbocycles. The van der Waals surface area contributed by atoms with Gasteiger partial charge in [-0.2, -0.15) is 0 Å². The van der Waals surface area contributed by atoms with E-state index in [0.29, 0.717) is 27.1 Å². The minimum atomic E-state index is -0.608. The van der Waals surface area contributed by atoms with Crippen molar-refractivity contribution in [1.29, 1.82) is 0 Å². The van der Waals surface area contributed by atoms with Crippen LogP contribution in [0.2, 0.25) is 5.02 Å². The number of halogens is 1. The summed E-state index contributed by atoms with van der Waals surface area (Å²) in [7, 11) is 3.29. The summed E-state index contributed by atoms with van der Waals surface area (Å²) in [5.74, 6) is -1.11. The molecule has 33 heavy (non-hydrogen) atoms. The molecule has 0 bridgehead atoms. The van der Waals surface area contributed by atoms with Crippen molar-refractivity contribution in [2.75, 3.05) is 24.7 Å². The Balaban J connectivity index is 1.63. The molecule has 0 saturated carbocycles. The summed E-state index contributed by atoms with van der Waals surface area (Å²) < 4.78 is 5.70. The number of rotatable bonds is 5. The Morgan fingerprint density at radius 1 is 0.909 bits per heavy atom. The SMILES string of the molecule is CN(C)C(=O)c1ccc(C(=O)Nc2c(C(=O)Nc3ccc(Cl)cn3)oc3ccncc23)cc1. The van der Waals surface area contributed by atoms with Crippen molar-refractivity contribution in [2.45, 2.75) is 0 Å². The molecule has 0 atom stereocenters. The highest BCUT2D eigenvalue weighted by Gasteiger charge is 2.23. The number of hydrogen-bond donors (Lipinski definition) is 2. The Labute approximate surface area is 193 Å². The predicted molar refractivity (Wildman–Crippen MR) is 124 cm³/mol. The number of carbonyl (C=O) groups is 3. The number of hydrogen-bond acceptors (Lipinski definition) is 6. The molecule has 166 valence electrons. The summed E-state index contributed by atoms with van der Waals surface area (Å²) >= 11 is 5.83. The van der Waals surface area contributed by atoms with E-state index in [1.54, 1.807) is 44.4 Å². The lowest BCUT2D eigenvalue weighted by molar-refractivity contribution is 0.0826. The zero-order valence-corrected chi connectivity index (χ0v) is 18.4. The highest BCUT2D eigenvalue weighted by molar-refractivity contribution is 6.30. The van der Waals surface area contributed by atoms with Crippen LogP contribution in [-0.4, -0.2) is 46.7 Å². The smallest absolute Gasteiger partial charge is 0.294 e. The van der Waals surface area contributed by atoms with Crippen LogP contribution in [-0.2, 0) is 0 Å². The number of pyridine rings is 2. The summed E-state index contributed by atoms with van der Waals surface area (Å²) in [5.41, 5.74) is 1.30. The number of anilines is 2. The molecule has 3 heterocycles. The minimum absolute atomic E-state index is 0.109. The molecule has 0 fully saturated rings. The standard InChI is InChI=1S/C23H18ClN5O4/c1-29(2)23(32)14-5-3-13(4-6-14)21(30)28-19-16-12-25-10-9-17(16)33-20(19)22(31)27-18-8-7-15(24)11-26-18/h3-12H,1-2H3,(H,28,30)(H,26,27,31). The van der Waals surface area contributed by atoms with Crippen molar-refractivity contribution in [2.24, 2.45) is 0 Å². The van der Waals surface area contributed by atoms with Crippen molar-refractivity contribution in [3.63, 3.8) is 0 Å². The molecule has 3 aromatic heterocycles. The van der Waals surface area contributed by atoms with Gasteiger partial charge in [0.1, 0.15) is 17.1 Å². The Hall–Kier alpha value is -4.24. The number of carbonyl (C=O) groups excluding carboxylic acids is 3. The van der Waals surface area contributed by atoms with Gasteiger partial charge in [-0.05, 0) is 42.5 Å². The highest BCUT2D eigenvalue weighted by Crippen LogP contribution is 2.31. The molecular weight excluding hydrogens is 446 g/mol. The van der Waals surface area contributed by atoms with E-state index in [0.717, 1.165) is 0 Å². The maximum absolute atomic E-state index is 12.9. The minimum Gasteiger partial charge on any atom is -0.448 e. The molecule has 0 saturated heterocycles. The Morgan fingerprint density at radius 2 is 1.64 bits per heavy atom. The van der Waals surface area contributed by atoms with Crippen LogP contribution in [0, 0.1) is 0 Å². The van der Waals surface area contributed by atoms with Gasteiger partial charge in [0.05, 0.1) is 10.4 Å². The van der Waals surface area contributed by atoms with Crippen molar-refractivity contribution >= 4 is 51.8 Å². The number of furan rings is 1. The second-order valence-electron chi connectivity index (χ2n) is 7.22. The summed E-state index contributed by atoms with van der Waals surface area (Å²) in [6.07, 6.45) is 4.40. The molecular formula is C23H18ClN5O4. The van der Waals surface area contributed by atoms with Crippen LogP contribution in [0.4, 0.5) is 11.5 Å². The first kappa shape index (κ1) is 22.0. The first-order valence-electron chi connectivity index (χ1n) is 9.76. The van der Waals surface area contributed by atoms with E-state index in [2.05, 4.69) is 20.6 Å². The molecule has 10 heteroatoms. The third-order valence-electron chi connectivity index (χ3n) is 4.70. The number of amides is 3. The van der Waals surface area contributed by atoms with E-state index in [4.69, 9.17) is 16.0 Å². The van der Waals surface area contributed by atoms with Gasteiger partial charge in [0.25, 0.3) is 17.7 Å². The van der Waals surface area contributed by atoms with E-state index < -0.39 is 11.8 Å². The van der Waals surface area contributed by atoms with Crippen LogP contribution in [0.3, 0.4) is 0 Å². The van der Waals surface area contributed by atoms with Crippen molar-refractivity contribution in [1.82, 2.24) is 14.9 Å². The van der Waals surface area contributed by atoms with Gasteiger partial charge in [0.2, 0.25) is 5.76 Å². The molecule has 9 nitrogen and oxygen atoms in total. The molecule has 0 aliphatic rings. The maximum Gasteiger partial charge on any atom is 0.294 e. The molecule has 4 rings (SSSR count). The molecule has 0 radical (unpaired) electrons. The molecule has 2 N–H and O–H groups in total. The van der Waals surface area contributed by atoms with E-state index in [-0.39, 0.29) is 23.2 Å². The molecule has 3 amide bonds. The molecule has 0 spiro atoms. The van der Waals surface area contributed by atoms with Gasteiger partial charge < -0.3 is 20.0 Å². The van der Waals surface area contributed by atoms with Gasteiger partial charge in [-0.1, -0.05) is 11.6 Å². The largest absolute Gasteiger partial charge is 0.448 e. The highest BCUT2D eigenvalue weighted by atomic mass is 35.5. The van der Waals surface area contributed by atoms with Gasteiger partial charge in [-0.15, -0.1) is 0 Å². The number of aromatic nitrogens is 2. The second-order valence-corrected chi connectivity index (χ2v) is 7.66. The zero-order valence-electron chi connectivity index (χ0n) is 17.6. The lowest BCUT2D eigenvalue weighted by Gasteiger charge is -2.11. The second kappa shape index (κ2) is 9.09. The van der Waals surface area contributed by atoms with E-state index in [1.807, 2.05) is 0 Å². The van der Waals surface area contributed by atoms with Gasteiger partial charge in [0.15, 0.2) is 0 Å². The lowest BCUT2D eigenvalue weighted by Crippen LogP contribution is -2.22. The van der Waals surface area contributed by atoms with Crippen LogP contribution in [0.15, 0.2) is 65.5 Å². The quantitative estimate of drug-likeness (QED) is 0.460. The fraction of sp³-hybridized carbons (Fsp3) is 0.0870. The Morgan fingerprint density at radius 3 is 2.30 bits per heavy atom. The van der Waals surface area contributed by atoms with Gasteiger partial charge in [0, 0.05) is 43.8 Å². The first-order chi connectivity index (χ1) is 15.8. The van der Waals surface area contributed by atoms with Crippen molar-refractivity contribution < 1.29 is 18.8 Å². The van der Waals surface area contributed by atoms with E-state index >= 15 is 0 Å². The van der Waals surface area contributed by atoms with Gasteiger partial charge >= 0.3 is 0 Å². The topological polar surface area (TPSA) is 117 Å². The summed E-state index contributed by atoms with van der Waals surface area (Å²) in [4.78, 5) is 47.4. The van der Waals surface area contributed by atoms with Crippen LogP contribution in [0.5, 0.6) is 0 Å². The molecule has 0 aliphatic heterocycles. The van der Waals surface area contributed by atoms with Crippen LogP contribution >= 0.6 is 11.6 Å². The maximum atomic E-state index is 12.9. The fourth-order valence-corrected chi connectivity index (χ4v) is 3.17. The Bertz CT molecular complexity index is 1350. The summed E-state index contributed by atoms with van der Waals surface area (Å²) in [6, 6.07) is 10.9. The van der Waals surface area contributed by atoms with Crippen LogP contribution in [0.1, 0.15) is 31.3 Å². The normalized spacial score (nSPS) is 10.6. The zero-order chi connectivity index (χ0) is 23.5. The van der Waals surface area contributed by atoms with E-state index in [9.17, 15) is 14.4 Å². The first-order valence-corrected chi connectivity index (χ1v) is 10.1. The molecule has 4 aromatic rings. The number of nitrogens with zero attached hydrogens (tertiary/aromatic N) is 3. The number of nitrogens with one attached hydrogen (secondary N) is 2. The molecule has 1 aromatic carbocycles. The summed E-state index contributed by atoms with van der Waals surface area (Å²) in [5, 5.41) is 6.22. The Kier molecular flexibility index (Phi) is 6.05. The van der Waals surface area contributed by atoms with Crippen LogP contribution in [0.25, 0.3) is 11.0 Å². The predicted octanol–water partition coefficient (Wildman–Crippen LogP) is 4.08. The number of benzene rings is 1. The van der Waals surface area contributed by atoms with Gasteiger partial charge in [-0.3, -0.25) is 19.4 Å². The fourth-order valence-electron chi connectivity index (χ4n) is 3.06. The van der Waals surface area contributed by atoms with Gasteiger partial charge in [-0.25, -0.2) is 4.98 Å². The average molecular weight is 464 g/mol.